The van der Waals surface area contributed by atoms with Crippen LogP contribution in [0.3, 0.4) is 0 Å². The molecule has 1 aromatic rings. The summed E-state index contributed by atoms with van der Waals surface area (Å²) in [7, 11) is 0. The van der Waals surface area contributed by atoms with Crippen LogP contribution in [0.5, 0.6) is 5.75 Å². The topological polar surface area (TPSA) is 67.2 Å². The van der Waals surface area contributed by atoms with E-state index >= 15 is 0 Å². The second-order valence-corrected chi connectivity index (χ2v) is 7.86. The van der Waals surface area contributed by atoms with Gasteiger partial charge in [-0.3, -0.25) is 4.98 Å². The highest BCUT2D eigenvalue weighted by Crippen LogP contribution is 2.41. The molecule has 6 nitrogen and oxygen atoms in total. The van der Waals surface area contributed by atoms with Gasteiger partial charge in [-0.1, -0.05) is 6.08 Å². The highest BCUT2D eigenvalue weighted by atomic mass is 19.4. The minimum Gasteiger partial charge on any atom is -0.482 e. The molecule has 1 aromatic heterocycles. The van der Waals surface area contributed by atoms with E-state index in [9.17, 15) is 27.1 Å². The average Bonchev–Trinajstić information content (AvgIpc) is 3.40. The number of rotatable bonds is 5. The van der Waals surface area contributed by atoms with Crippen molar-refractivity contribution in [1.29, 1.82) is 0 Å². The molecule has 1 saturated heterocycles. The maximum Gasteiger partial charge on any atom is 0.422 e. The number of hydrogen-bond donors (Lipinski definition) is 1. The Kier molecular flexibility index (Phi) is 4.91. The highest BCUT2D eigenvalue weighted by Gasteiger charge is 2.49. The number of aromatic nitrogens is 1. The van der Waals surface area contributed by atoms with Crippen molar-refractivity contribution in [3.05, 3.63) is 24.0 Å². The summed E-state index contributed by atoms with van der Waals surface area (Å²) in [4.78, 5) is 9.75. The third-order valence-electron chi connectivity index (χ3n) is 4.98. The van der Waals surface area contributed by atoms with Crippen LogP contribution >= 0.6 is 0 Å². The largest absolute Gasteiger partial charge is 0.482 e. The smallest absolute Gasteiger partial charge is 0.422 e. The molecule has 11 heteroatoms. The van der Waals surface area contributed by atoms with E-state index in [1.807, 2.05) is 0 Å². The number of pyridine rings is 1. The molecule has 1 saturated carbocycles. The third kappa shape index (κ3) is 4.50. The van der Waals surface area contributed by atoms with E-state index in [1.54, 1.807) is 13.0 Å². The Balaban J connectivity index is 1.66. The summed E-state index contributed by atoms with van der Waals surface area (Å²) >= 11 is 0. The van der Waals surface area contributed by atoms with Crippen LogP contribution in [-0.4, -0.2) is 59.5 Å². The molecule has 2 fully saturated rings. The maximum atomic E-state index is 13.2. The van der Waals surface area contributed by atoms with E-state index in [1.165, 1.54) is 17.2 Å². The van der Waals surface area contributed by atoms with Gasteiger partial charge in [-0.25, -0.2) is 13.8 Å². The first-order chi connectivity index (χ1) is 13.9. The molecule has 1 N–H and O–H groups in total. The van der Waals surface area contributed by atoms with Crippen molar-refractivity contribution < 1.29 is 36.5 Å². The normalized spacial score (nSPS) is 24.8. The van der Waals surface area contributed by atoms with Gasteiger partial charge in [0.2, 0.25) is 5.90 Å². The summed E-state index contributed by atoms with van der Waals surface area (Å²) < 4.78 is 75.1. The Bertz CT molecular complexity index is 888. The zero-order valence-electron chi connectivity index (χ0n) is 16.0. The number of aliphatic imine (C=N–C) groups is 1. The molecule has 0 bridgehead atoms. The summed E-state index contributed by atoms with van der Waals surface area (Å²) in [6.07, 6.45) is -0.495. The van der Waals surface area contributed by atoms with Crippen molar-refractivity contribution in [2.45, 2.75) is 50.0 Å². The van der Waals surface area contributed by atoms with Gasteiger partial charge in [0.15, 0.2) is 6.61 Å². The molecule has 0 radical (unpaired) electrons. The minimum atomic E-state index is -4.59. The standard InChI is InChI=1S/C19H20F5N3O3/c1-11-2-3-12(26-16(30-11)17(28)4-5-17)13-6-15(29-10-19(22,23)24)14(7-25-13)27-8-18(20,21)9-27/h3,6-7,11,28H,2,4-5,8-10H2,1H3. The number of anilines is 1. The van der Waals surface area contributed by atoms with Gasteiger partial charge >= 0.3 is 6.18 Å². The molecule has 30 heavy (non-hydrogen) atoms. The Hall–Kier alpha value is -2.43. The number of ether oxygens (including phenoxy) is 2. The van der Waals surface area contributed by atoms with Crippen LogP contribution < -0.4 is 9.64 Å². The third-order valence-corrected chi connectivity index (χ3v) is 4.98. The monoisotopic (exact) mass is 433 g/mol. The van der Waals surface area contributed by atoms with Gasteiger partial charge in [0.05, 0.1) is 36.4 Å². The number of alkyl halides is 5. The molecule has 4 rings (SSSR count). The Morgan fingerprint density at radius 1 is 1.30 bits per heavy atom. The van der Waals surface area contributed by atoms with Crippen LogP contribution in [0, 0.1) is 0 Å². The fourth-order valence-electron chi connectivity index (χ4n) is 3.17. The first kappa shape index (κ1) is 20.8. The lowest BCUT2D eigenvalue weighted by molar-refractivity contribution is -0.153. The SMILES string of the molecule is CC1CC=C(c2cc(OCC(F)(F)F)c(N3CC(F)(F)C3)cn2)N=C(C2(O)CC2)O1. The molecule has 1 atom stereocenters. The molecular formula is C19H20F5N3O3. The molecule has 164 valence electrons. The highest BCUT2D eigenvalue weighted by molar-refractivity contribution is 5.92. The van der Waals surface area contributed by atoms with Gasteiger partial charge in [0.25, 0.3) is 5.92 Å². The van der Waals surface area contributed by atoms with Crippen LogP contribution in [0.15, 0.2) is 23.3 Å². The van der Waals surface area contributed by atoms with Gasteiger partial charge in [0.1, 0.15) is 17.5 Å². The Labute approximate surface area is 169 Å². The zero-order valence-corrected chi connectivity index (χ0v) is 16.0. The molecule has 1 aliphatic carbocycles. The van der Waals surface area contributed by atoms with E-state index < -0.39 is 37.4 Å². The summed E-state index contributed by atoms with van der Waals surface area (Å²) in [6, 6.07) is 1.25. The molecule has 0 aromatic carbocycles. The number of hydrogen-bond acceptors (Lipinski definition) is 6. The lowest BCUT2D eigenvalue weighted by Gasteiger charge is -2.40. The fourth-order valence-corrected chi connectivity index (χ4v) is 3.17. The van der Waals surface area contributed by atoms with Crippen molar-refractivity contribution >= 4 is 17.3 Å². The van der Waals surface area contributed by atoms with Crippen molar-refractivity contribution in [2.24, 2.45) is 4.99 Å². The summed E-state index contributed by atoms with van der Waals surface area (Å²) in [5.74, 6) is -2.98. The predicted octanol–water partition coefficient (Wildman–Crippen LogP) is 3.55. The van der Waals surface area contributed by atoms with Crippen molar-refractivity contribution in [2.75, 3.05) is 24.6 Å². The maximum absolute atomic E-state index is 13.2. The molecule has 1 unspecified atom stereocenters. The second-order valence-electron chi connectivity index (χ2n) is 7.86. The van der Waals surface area contributed by atoms with Crippen LogP contribution in [0.1, 0.15) is 31.9 Å². The van der Waals surface area contributed by atoms with E-state index in [-0.39, 0.29) is 29.1 Å². The minimum absolute atomic E-state index is 0.0535. The van der Waals surface area contributed by atoms with Gasteiger partial charge < -0.3 is 19.5 Å². The lowest BCUT2D eigenvalue weighted by Crippen LogP contribution is -2.56. The predicted molar refractivity (Wildman–Crippen MR) is 97.7 cm³/mol. The summed E-state index contributed by atoms with van der Waals surface area (Å²) in [5.41, 5.74) is -0.580. The van der Waals surface area contributed by atoms with Crippen LogP contribution in [0.2, 0.25) is 0 Å². The van der Waals surface area contributed by atoms with Crippen molar-refractivity contribution in [1.82, 2.24) is 4.98 Å². The molecule has 2 aliphatic heterocycles. The van der Waals surface area contributed by atoms with Gasteiger partial charge in [-0.05, 0) is 19.8 Å². The number of halogens is 5. The summed E-state index contributed by atoms with van der Waals surface area (Å²) in [6.45, 7) is -1.01. The molecule has 3 heterocycles. The van der Waals surface area contributed by atoms with Gasteiger partial charge in [0, 0.05) is 12.5 Å². The molecular weight excluding hydrogens is 413 g/mol. The molecule has 3 aliphatic rings. The van der Waals surface area contributed by atoms with E-state index in [4.69, 9.17) is 9.47 Å². The van der Waals surface area contributed by atoms with Gasteiger partial charge in [-0.2, -0.15) is 13.2 Å². The first-order valence-electron chi connectivity index (χ1n) is 9.45. The van der Waals surface area contributed by atoms with E-state index in [2.05, 4.69) is 9.98 Å². The molecule has 0 amide bonds. The Morgan fingerprint density at radius 3 is 2.60 bits per heavy atom. The number of nitrogens with zero attached hydrogens (tertiary/aromatic N) is 3. The van der Waals surface area contributed by atoms with Crippen LogP contribution in [-0.2, 0) is 4.74 Å². The second kappa shape index (κ2) is 7.07. The number of aliphatic hydroxyl groups is 1. The van der Waals surface area contributed by atoms with Crippen LogP contribution in [0.25, 0.3) is 5.70 Å². The average molecular weight is 433 g/mol. The fraction of sp³-hybridized carbons (Fsp3) is 0.579. The summed E-state index contributed by atoms with van der Waals surface area (Å²) in [5, 5.41) is 10.4. The van der Waals surface area contributed by atoms with E-state index in [0.717, 1.165) is 0 Å². The Morgan fingerprint density at radius 2 is 2.00 bits per heavy atom. The van der Waals surface area contributed by atoms with Gasteiger partial charge in [-0.15, -0.1) is 0 Å². The van der Waals surface area contributed by atoms with Crippen molar-refractivity contribution in [3.63, 3.8) is 0 Å². The quantitative estimate of drug-likeness (QED) is 0.720. The van der Waals surface area contributed by atoms with E-state index in [0.29, 0.717) is 25.0 Å². The first-order valence-corrected chi connectivity index (χ1v) is 9.45. The lowest BCUT2D eigenvalue weighted by atomic mass is 10.1. The van der Waals surface area contributed by atoms with Crippen molar-refractivity contribution in [3.8, 4) is 5.75 Å². The molecule has 0 spiro atoms. The zero-order chi connectivity index (χ0) is 21.7. The van der Waals surface area contributed by atoms with Crippen LogP contribution in [0.4, 0.5) is 27.6 Å².